The highest BCUT2D eigenvalue weighted by atomic mass is 16.5. The van der Waals surface area contributed by atoms with Crippen LogP contribution in [0.5, 0.6) is 0 Å². The zero-order valence-electron chi connectivity index (χ0n) is 12.3. The highest BCUT2D eigenvalue weighted by Crippen LogP contribution is 2.29. The molecule has 0 aliphatic carbocycles. The van der Waals surface area contributed by atoms with Gasteiger partial charge in [-0.3, -0.25) is 0 Å². The lowest BCUT2D eigenvalue weighted by molar-refractivity contribution is 0.0600. The molecular formula is C15H23N3O2. The van der Waals surface area contributed by atoms with Crippen LogP contribution < -0.4 is 11.2 Å². The summed E-state index contributed by atoms with van der Waals surface area (Å²) in [6.07, 6.45) is 3.50. The molecule has 1 heterocycles. The summed E-state index contributed by atoms with van der Waals surface area (Å²) in [7, 11) is 1.38. The summed E-state index contributed by atoms with van der Waals surface area (Å²) < 4.78 is 4.82. The number of anilines is 2. The van der Waals surface area contributed by atoms with E-state index >= 15 is 0 Å². The topological polar surface area (TPSA) is 67.6 Å². The van der Waals surface area contributed by atoms with Crippen molar-refractivity contribution in [2.24, 2.45) is 0 Å². The second-order valence-corrected chi connectivity index (χ2v) is 5.41. The third-order valence-electron chi connectivity index (χ3n) is 3.94. The van der Waals surface area contributed by atoms with Gasteiger partial charge < -0.3 is 15.9 Å². The fourth-order valence-corrected chi connectivity index (χ4v) is 2.75. The minimum absolute atomic E-state index is 0.378. The van der Waals surface area contributed by atoms with Crippen molar-refractivity contribution in [3.05, 3.63) is 23.8 Å². The first-order valence-electron chi connectivity index (χ1n) is 7.06. The van der Waals surface area contributed by atoms with Crippen LogP contribution in [0.25, 0.3) is 0 Å². The zero-order valence-corrected chi connectivity index (χ0v) is 12.3. The van der Waals surface area contributed by atoms with E-state index in [4.69, 9.17) is 10.5 Å². The number of hydrogen-bond donors (Lipinski definition) is 2. The van der Waals surface area contributed by atoms with Crippen LogP contribution in [0.15, 0.2) is 18.2 Å². The Morgan fingerprint density at radius 3 is 2.60 bits per heavy atom. The molecular weight excluding hydrogens is 254 g/mol. The molecule has 0 bridgehead atoms. The number of carbonyl (C=O) groups excluding carboxylic acids is 1. The summed E-state index contributed by atoms with van der Waals surface area (Å²) in [4.78, 5) is 11.9. The van der Waals surface area contributed by atoms with E-state index in [2.05, 4.69) is 24.3 Å². The van der Waals surface area contributed by atoms with Crippen LogP contribution in [0, 0.1) is 0 Å². The average molecular weight is 277 g/mol. The molecule has 0 radical (unpaired) electrons. The van der Waals surface area contributed by atoms with Gasteiger partial charge in [-0.1, -0.05) is 12.5 Å². The Kier molecular flexibility index (Phi) is 4.49. The average Bonchev–Trinajstić information content (AvgIpc) is 2.43. The van der Waals surface area contributed by atoms with Gasteiger partial charge in [0.1, 0.15) is 0 Å². The van der Waals surface area contributed by atoms with E-state index in [1.165, 1.54) is 13.5 Å². The monoisotopic (exact) mass is 277 g/mol. The van der Waals surface area contributed by atoms with Gasteiger partial charge in [0, 0.05) is 12.1 Å². The number of rotatable bonds is 3. The smallest absolute Gasteiger partial charge is 0.340 e. The number of ether oxygens (including phenoxy) is 1. The molecule has 0 spiro atoms. The van der Waals surface area contributed by atoms with Crippen LogP contribution in [0.3, 0.4) is 0 Å². The normalized spacial score (nSPS) is 23.4. The zero-order chi connectivity index (χ0) is 14.7. The molecule has 2 atom stereocenters. The van der Waals surface area contributed by atoms with Crippen molar-refractivity contribution >= 4 is 17.3 Å². The van der Waals surface area contributed by atoms with Gasteiger partial charge in [0.25, 0.3) is 0 Å². The standard InChI is InChI=1S/C15H23N3O2/c1-10-6-4-7-11(2)18(10)17-14-12(15(19)20-3)8-5-9-13(14)16/h5,8-11,17H,4,6-7,16H2,1-3H3. The molecule has 20 heavy (non-hydrogen) atoms. The van der Waals surface area contributed by atoms with E-state index in [1.807, 2.05) is 0 Å². The molecule has 1 fully saturated rings. The fourth-order valence-electron chi connectivity index (χ4n) is 2.75. The number of para-hydroxylation sites is 1. The van der Waals surface area contributed by atoms with E-state index in [1.54, 1.807) is 18.2 Å². The summed E-state index contributed by atoms with van der Waals surface area (Å²) in [5.41, 5.74) is 11.0. The number of hydrazine groups is 1. The van der Waals surface area contributed by atoms with Crippen LogP contribution in [0.2, 0.25) is 0 Å². The number of nitrogen functional groups attached to an aromatic ring is 1. The molecule has 2 unspecified atom stereocenters. The Hall–Kier alpha value is -1.75. The Labute approximate surface area is 120 Å². The number of nitrogens with two attached hydrogens (primary N) is 1. The minimum Gasteiger partial charge on any atom is -0.465 e. The molecule has 1 aliphatic rings. The van der Waals surface area contributed by atoms with Crippen LogP contribution in [0.1, 0.15) is 43.5 Å². The lowest BCUT2D eigenvalue weighted by Crippen LogP contribution is -2.47. The van der Waals surface area contributed by atoms with Crippen molar-refractivity contribution in [1.82, 2.24) is 5.01 Å². The molecule has 1 aliphatic heterocycles. The van der Waals surface area contributed by atoms with Crippen LogP contribution in [-0.4, -0.2) is 30.2 Å². The highest BCUT2D eigenvalue weighted by molar-refractivity contribution is 5.98. The van der Waals surface area contributed by atoms with Gasteiger partial charge in [-0.2, -0.15) is 0 Å². The van der Waals surface area contributed by atoms with Crippen molar-refractivity contribution in [2.75, 3.05) is 18.3 Å². The molecule has 5 heteroatoms. The predicted octanol–water partition coefficient (Wildman–Crippen LogP) is 2.65. The van der Waals surface area contributed by atoms with Gasteiger partial charge in [0.2, 0.25) is 0 Å². The third kappa shape index (κ3) is 2.88. The second kappa shape index (κ2) is 6.13. The number of esters is 1. The summed E-state index contributed by atoms with van der Waals surface area (Å²) in [6.45, 7) is 4.36. The number of carbonyl (C=O) groups is 1. The van der Waals surface area contributed by atoms with Crippen molar-refractivity contribution in [1.29, 1.82) is 0 Å². The molecule has 2 rings (SSSR count). The number of methoxy groups -OCH3 is 1. The fraction of sp³-hybridized carbons (Fsp3) is 0.533. The maximum absolute atomic E-state index is 11.9. The SMILES string of the molecule is COC(=O)c1cccc(N)c1NN1C(C)CCCC1C. The third-order valence-corrected chi connectivity index (χ3v) is 3.94. The van der Waals surface area contributed by atoms with Gasteiger partial charge in [-0.15, -0.1) is 0 Å². The highest BCUT2D eigenvalue weighted by Gasteiger charge is 2.26. The van der Waals surface area contributed by atoms with E-state index in [0.29, 0.717) is 29.0 Å². The summed E-state index contributed by atoms with van der Waals surface area (Å²) in [5, 5.41) is 2.18. The lowest BCUT2D eigenvalue weighted by Gasteiger charge is -2.40. The van der Waals surface area contributed by atoms with E-state index in [-0.39, 0.29) is 5.97 Å². The van der Waals surface area contributed by atoms with Crippen molar-refractivity contribution in [3.8, 4) is 0 Å². The van der Waals surface area contributed by atoms with Crippen LogP contribution in [-0.2, 0) is 4.74 Å². The van der Waals surface area contributed by atoms with E-state index in [0.717, 1.165) is 12.8 Å². The van der Waals surface area contributed by atoms with Crippen molar-refractivity contribution < 1.29 is 9.53 Å². The maximum Gasteiger partial charge on any atom is 0.340 e. The Morgan fingerprint density at radius 2 is 2.00 bits per heavy atom. The molecule has 110 valence electrons. The van der Waals surface area contributed by atoms with Gasteiger partial charge >= 0.3 is 5.97 Å². The van der Waals surface area contributed by atoms with Gasteiger partial charge in [0.15, 0.2) is 0 Å². The Bertz CT molecular complexity index is 480. The molecule has 3 N–H and O–H groups in total. The number of nitrogens with one attached hydrogen (secondary N) is 1. The largest absolute Gasteiger partial charge is 0.465 e. The maximum atomic E-state index is 11.9. The summed E-state index contributed by atoms with van der Waals surface area (Å²) in [6, 6.07) is 6.08. The molecule has 1 aromatic rings. The first-order valence-corrected chi connectivity index (χ1v) is 7.06. The van der Waals surface area contributed by atoms with E-state index in [9.17, 15) is 4.79 Å². The first kappa shape index (κ1) is 14.7. The number of benzene rings is 1. The van der Waals surface area contributed by atoms with Crippen LogP contribution in [0.4, 0.5) is 11.4 Å². The molecule has 5 nitrogen and oxygen atoms in total. The van der Waals surface area contributed by atoms with Gasteiger partial charge in [-0.25, -0.2) is 9.80 Å². The predicted molar refractivity (Wildman–Crippen MR) is 80.4 cm³/mol. The molecule has 0 aromatic heterocycles. The molecule has 1 aromatic carbocycles. The number of hydrogen-bond acceptors (Lipinski definition) is 5. The van der Waals surface area contributed by atoms with Crippen molar-refractivity contribution in [2.45, 2.75) is 45.2 Å². The number of nitrogens with zero attached hydrogens (tertiary/aromatic N) is 1. The quantitative estimate of drug-likeness (QED) is 0.656. The molecule has 0 amide bonds. The lowest BCUT2D eigenvalue weighted by atomic mass is 9.99. The summed E-state index contributed by atoms with van der Waals surface area (Å²) in [5.74, 6) is -0.378. The first-order chi connectivity index (χ1) is 9.54. The van der Waals surface area contributed by atoms with Crippen molar-refractivity contribution in [3.63, 3.8) is 0 Å². The Balaban J connectivity index is 2.30. The second-order valence-electron chi connectivity index (χ2n) is 5.41. The van der Waals surface area contributed by atoms with Gasteiger partial charge in [0.05, 0.1) is 24.0 Å². The van der Waals surface area contributed by atoms with E-state index < -0.39 is 0 Å². The summed E-state index contributed by atoms with van der Waals surface area (Å²) >= 11 is 0. The number of piperidine rings is 1. The minimum atomic E-state index is -0.378. The van der Waals surface area contributed by atoms with Crippen LogP contribution >= 0.6 is 0 Å². The van der Waals surface area contributed by atoms with Gasteiger partial charge in [-0.05, 0) is 38.8 Å². The molecule has 1 saturated heterocycles. The molecule has 0 saturated carbocycles. The Morgan fingerprint density at radius 1 is 1.35 bits per heavy atom.